The van der Waals surface area contributed by atoms with Gasteiger partial charge in [-0.2, -0.15) is 13.2 Å². The third kappa shape index (κ3) is 2.30. The van der Waals surface area contributed by atoms with Gasteiger partial charge in [0.25, 0.3) is 0 Å². The lowest BCUT2D eigenvalue weighted by atomic mass is 10.1. The number of aromatic hydroxyl groups is 1. The molecule has 0 saturated carbocycles. The van der Waals surface area contributed by atoms with Crippen molar-refractivity contribution in [3.05, 3.63) is 28.8 Å². The molecule has 0 aliphatic rings. The highest BCUT2D eigenvalue weighted by Crippen LogP contribution is 2.35. The molecule has 0 radical (unpaired) electrons. The van der Waals surface area contributed by atoms with Gasteiger partial charge in [-0.15, -0.1) is 0 Å². The second kappa shape index (κ2) is 3.67. The third-order valence-electron chi connectivity index (χ3n) is 1.68. The van der Waals surface area contributed by atoms with E-state index >= 15 is 0 Å². The van der Waals surface area contributed by atoms with Gasteiger partial charge in [0, 0.05) is 10.6 Å². The summed E-state index contributed by atoms with van der Waals surface area (Å²) in [6.07, 6.45) is -4.60. The molecule has 2 nitrogen and oxygen atoms in total. The average Bonchev–Trinajstić information content (AvgIpc) is 2.06. The van der Waals surface area contributed by atoms with Crippen LogP contribution in [0, 0.1) is 0 Å². The van der Waals surface area contributed by atoms with Crippen LogP contribution in [0.5, 0.6) is 5.75 Å². The standard InChI is InChI=1S/C8H7ClF3NO/c9-4-1-2-6(14)5(3-4)7(13)8(10,11)12/h1-3,7,14H,13H2/t7-/m1/s1. The molecule has 1 rings (SSSR count). The van der Waals surface area contributed by atoms with Crippen LogP contribution in [0.4, 0.5) is 13.2 Å². The smallest absolute Gasteiger partial charge is 0.407 e. The molecular formula is C8H7ClF3NO. The van der Waals surface area contributed by atoms with Gasteiger partial charge in [0.2, 0.25) is 0 Å². The van der Waals surface area contributed by atoms with E-state index in [1.165, 1.54) is 6.07 Å². The van der Waals surface area contributed by atoms with Crippen molar-refractivity contribution in [1.82, 2.24) is 0 Å². The number of benzene rings is 1. The molecule has 0 aliphatic heterocycles. The summed E-state index contributed by atoms with van der Waals surface area (Å²) in [6, 6.07) is 1.13. The molecule has 0 heterocycles. The fourth-order valence-electron chi connectivity index (χ4n) is 0.951. The van der Waals surface area contributed by atoms with E-state index in [2.05, 4.69) is 0 Å². The molecule has 0 unspecified atom stereocenters. The lowest BCUT2D eigenvalue weighted by Gasteiger charge is -2.16. The Bertz CT molecular complexity index is 340. The maximum Gasteiger partial charge on any atom is 0.407 e. The summed E-state index contributed by atoms with van der Waals surface area (Å²) in [5, 5.41) is 9.22. The molecule has 0 amide bonds. The molecule has 3 N–H and O–H groups in total. The predicted octanol–water partition coefficient (Wildman–Crippen LogP) is 2.61. The molecule has 14 heavy (non-hydrogen) atoms. The molecule has 0 spiro atoms. The zero-order valence-electron chi connectivity index (χ0n) is 6.85. The Balaban J connectivity index is 3.12. The van der Waals surface area contributed by atoms with Crippen LogP contribution in [0.15, 0.2) is 18.2 Å². The zero-order chi connectivity index (χ0) is 10.9. The van der Waals surface area contributed by atoms with Crippen molar-refractivity contribution in [2.24, 2.45) is 5.73 Å². The topological polar surface area (TPSA) is 46.2 Å². The fraction of sp³-hybridized carbons (Fsp3) is 0.250. The van der Waals surface area contributed by atoms with Crippen molar-refractivity contribution in [1.29, 1.82) is 0 Å². The summed E-state index contributed by atoms with van der Waals surface area (Å²) in [6.45, 7) is 0. The van der Waals surface area contributed by atoms with E-state index in [0.717, 1.165) is 12.1 Å². The summed E-state index contributed by atoms with van der Waals surface area (Å²) < 4.78 is 36.5. The summed E-state index contributed by atoms with van der Waals surface area (Å²) in [5.74, 6) is -0.515. The highest BCUT2D eigenvalue weighted by molar-refractivity contribution is 6.30. The Labute approximate surface area is 83.1 Å². The van der Waals surface area contributed by atoms with Crippen molar-refractivity contribution in [2.45, 2.75) is 12.2 Å². The Morgan fingerprint density at radius 3 is 2.43 bits per heavy atom. The SMILES string of the molecule is N[C@H](c1cc(Cl)ccc1O)C(F)(F)F. The summed E-state index contributed by atoms with van der Waals surface area (Å²) >= 11 is 5.48. The molecule has 0 aliphatic carbocycles. The van der Waals surface area contributed by atoms with E-state index in [4.69, 9.17) is 22.4 Å². The number of rotatable bonds is 1. The molecule has 0 bridgehead atoms. The molecule has 1 aromatic rings. The van der Waals surface area contributed by atoms with Gasteiger partial charge in [0.1, 0.15) is 11.8 Å². The number of phenols is 1. The van der Waals surface area contributed by atoms with Gasteiger partial charge in [-0.3, -0.25) is 0 Å². The van der Waals surface area contributed by atoms with E-state index in [0.29, 0.717) is 0 Å². The van der Waals surface area contributed by atoms with Gasteiger partial charge in [-0.25, -0.2) is 0 Å². The first-order valence-electron chi connectivity index (χ1n) is 3.63. The van der Waals surface area contributed by atoms with Crippen molar-refractivity contribution in [2.75, 3.05) is 0 Å². The van der Waals surface area contributed by atoms with Crippen molar-refractivity contribution in [3.63, 3.8) is 0 Å². The van der Waals surface area contributed by atoms with E-state index < -0.39 is 23.5 Å². The minimum Gasteiger partial charge on any atom is -0.508 e. The normalized spacial score (nSPS) is 14.1. The zero-order valence-corrected chi connectivity index (χ0v) is 7.60. The Morgan fingerprint density at radius 2 is 1.93 bits per heavy atom. The minimum atomic E-state index is -4.60. The number of nitrogens with two attached hydrogens (primary N) is 1. The molecule has 0 aromatic heterocycles. The van der Waals surface area contributed by atoms with Crippen LogP contribution < -0.4 is 5.73 Å². The second-order valence-corrected chi connectivity index (χ2v) is 3.16. The maximum atomic E-state index is 12.2. The van der Waals surface area contributed by atoms with Crippen molar-refractivity contribution in [3.8, 4) is 5.75 Å². The molecule has 78 valence electrons. The van der Waals surface area contributed by atoms with Crippen LogP contribution in [0.25, 0.3) is 0 Å². The van der Waals surface area contributed by atoms with Crippen molar-refractivity contribution < 1.29 is 18.3 Å². The fourth-order valence-corrected chi connectivity index (χ4v) is 1.13. The molecule has 6 heteroatoms. The van der Waals surface area contributed by atoms with Gasteiger partial charge in [0.05, 0.1) is 0 Å². The van der Waals surface area contributed by atoms with Crippen LogP contribution in [0.1, 0.15) is 11.6 Å². The van der Waals surface area contributed by atoms with Crippen LogP contribution in [-0.4, -0.2) is 11.3 Å². The highest BCUT2D eigenvalue weighted by atomic mass is 35.5. The Hall–Kier alpha value is -0.940. The van der Waals surface area contributed by atoms with Crippen molar-refractivity contribution >= 4 is 11.6 Å². The highest BCUT2D eigenvalue weighted by Gasteiger charge is 2.39. The van der Waals surface area contributed by atoms with Crippen LogP contribution in [-0.2, 0) is 0 Å². The quantitative estimate of drug-likeness (QED) is 0.772. The number of hydrogen-bond donors (Lipinski definition) is 2. The average molecular weight is 226 g/mol. The molecule has 0 saturated heterocycles. The lowest BCUT2D eigenvalue weighted by Crippen LogP contribution is -2.28. The van der Waals surface area contributed by atoms with Crippen LogP contribution in [0.2, 0.25) is 5.02 Å². The lowest BCUT2D eigenvalue weighted by molar-refractivity contribution is -0.149. The monoisotopic (exact) mass is 225 g/mol. The number of phenolic OH excluding ortho intramolecular Hbond substituents is 1. The molecule has 1 aromatic carbocycles. The first-order valence-corrected chi connectivity index (χ1v) is 4.01. The van der Waals surface area contributed by atoms with Crippen LogP contribution in [0.3, 0.4) is 0 Å². The number of halogens is 4. The maximum absolute atomic E-state index is 12.2. The molecular weight excluding hydrogens is 219 g/mol. The predicted molar refractivity (Wildman–Crippen MR) is 46.1 cm³/mol. The summed E-state index contributed by atoms with van der Waals surface area (Å²) in [4.78, 5) is 0. The van der Waals surface area contributed by atoms with Gasteiger partial charge in [0.15, 0.2) is 0 Å². The van der Waals surface area contributed by atoms with Gasteiger partial charge in [-0.05, 0) is 18.2 Å². The first kappa shape index (κ1) is 11.1. The third-order valence-corrected chi connectivity index (χ3v) is 1.91. The van der Waals surface area contributed by atoms with E-state index in [1.807, 2.05) is 0 Å². The molecule has 0 fully saturated rings. The summed E-state index contributed by atoms with van der Waals surface area (Å²) in [7, 11) is 0. The van der Waals surface area contributed by atoms with E-state index in [9.17, 15) is 13.2 Å². The minimum absolute atomic E-state index is 0.0949. The number of alkyl halides is 3. The Kier molecular flexibility index (Phi) is 2.92. The first-order chi connectivity index (χ1) is 6.32. The number of hydrogen-bond acceptors (Lipinski definition) is 2. The second-order valence-electron chi connectivity index (χ2n) is 2.72. The van der Waals surface area contributed by atoms with Gasteiger partial charge >= 0.3 is 6.18 Å². The van der Waals surface area contributed by atoms with E-state index in [-0.39, 0.29) is 5.02 Å². The largest absolute Gasteiger partial charge is 0.508 e. The summed E-state index contributed by atoms with van der Waals surface area (Å²) in [5.41, 5.74) is 4.47. The van der Waals surface area contributed by atoms with Gasteiger partial charge in [-0.1, -0.05) is 11.6 Å². The van der Waals surface area contributed by atoms with Gasteiger partial charge < -0.3 is 10.8 Å². The van der Waals surface area contributed by atoms with Crippen LogP contribution >= 0.6 is 11.6 Å². The van der Waals surface area contributed by atoms with E-state index in [1.54, 1.807) is 0 Å². The Morgan fingerprint density at radius 1 is 1.36 bits per heavy atom. The molecule has 1 atom stereocenters.